The van der Waals surface area contributed by atoms with Gasteiger partial charge in [0.15, 0.2) is 17.5 Å². The molecule has 1 aromatic rings. The van der Waals surface area contributed by atoms with Crippen molar-refractivity contribution in [2.24, 2.45) is 0 Å². The Balaban J connectivity index is 1.57. The van der Waals surface area contributed by atoms with Gasteiger partial charge in [0.2, 0.25) is 6.79 Å². The van der Waals surface area contributed by atoms with Gasteiger partial charge in [-0.1, -0.05) is 0 Å². The topological polar surface area (TPSA) is 56.4 Å². The number of nitrogens with one attached hydrogen (secondary N) is 3. The van der Waals surface area contributed by atoms with E-state index in [1.807, 2.05) is 25.1 Å². The summed E-state index contributed by atoms with van der Waals surface area (Å²) in [6, 6.07) is 5.47. The second kappa shape index (κ2) is 6.54. The van der Waals surface area contributed by atoms with Gasteiger partial charge in [-0.15, -0.1) is 0 Å². The number of likely N-dealkylation sites (N-methyl/N-ethyl adjacent to an activating group) is 1. The molecule has 0 unspecified atom stereocenters. The van der Waals surface area contributed by atoms with Gasteiger partial charge in [0, 0.05) is 11.8 Å². The summed E-state index contributed by atoms with van der Waals surface area (Å²) in [4.78, 5) is 15.5. The van der Waals surface area contributed by atoms with Crippen LogP contribution in [0.4, 0.5) is 5.69 Å². The summed E-state index contributed by atoms with van der Waals surface area (Å²) in [5.74, 6) is 1.49. The molecule has 1 aromatic carbocycles. The van der Waals surface area contributed by atoms with Crippen molar-refractivity contribution in [3.8, 4) is 11.5 Å². The fourth-order valence-electron chi connectivity index (χ4n) is 3.12. The number of carbonyl (C=O) groups excluding carboxylic acids is 1. The van der Waals surface area contributed by atoms with E-state index in [2.05, 4.69) is 12.2 Å². The number of amides is 1. The molecule has 3 rings (SSSR count). The molecule has 0 radical (unpaired) electrons. The molecule has 0 bridgehead atoms. The molecule has 1 amide bonds. The summed E-state index contributed by atoms with van der Waals surface area (Å²) in [5.41, 5.74) is 0.762. The lowest BCUT2D eigenvalue weighted by atomic mass is 10.2. The Morgan fingerprint density at radius 3 is 2.68 bits per heavy atom. The van der Waals surface area contributed by atoms with Crippen LogP contribution in [0.1, 0.15) is 13.8 Å². The lowest BCUT2D eigenvalue weighted by Gasteiger charge is -2.32. The van der Waals surface area contributed by atoms with Crippen molar-refractivity contribution in [2.75, 3.05) is 44.8 Å². The predicted molar refractivity (Wildman–Crippen MR) is 82.6 cm³/mol. The van der Waals surface area contributed by atoms with E-state index < -0.39 is 0 Å². The molecule has 2 aliphatic rings. The van der Waals surface area contributed by atoms with Gasteiger partial charge < -0.3 is 24.6 Å². The van der Waals surface area contributed by atoms with E-state index in [0.29, 0.717) is 5.75 Å². The molecule has 3 N–H and O–H groups in total. The fourth-order valence-corrected chi connectivity index (χ4v) is 3.12. The standard InChI is InChI=1S/C16H23N3O3/c1-3-18-6-8-19(9-7-18)12(2)16(20)17-13-4-5-14-15(10-13)22-11-21-14/h4-5,10,12H,3,6-9,11H2,1-2H3,(H,17,20)/p+2/t12-/m1/s1. The molecule has 6 heteroatoms. The van der Waals surface area contributed by atoms with E-state index in [9.17, 15) is 4.79 Å². The van der Waals surface area contributed by atoms with Crippen LogP contribution in [0.5, 0.6) is 11.5 Å². The Morgan fingerprint density at radius 2 is 1.95 bits per heavy atom. The summed E-state index contributed by atoms with van der Waals surface area (Å²) in [6.45, 7) is 10.0. The van der Waals surface area contributed by atoms with Crippen molar-refractivity contribution in [1.29, 1.82) is 0 Å². The zero-order valence-electron chi connectivity index (χ0n) is 13.3. The lowest BCUT2D eigenvalue weighted by molar-refractivity contribution is -1.02. The van der Waals surface area contributed by atoms with Crippen LogP contribution in [0.15, 0.2) is 18.2 Å². The van der Waals surface area contributed by atoms with Crippen LogP contribution in [0.2, 0.25) is 0 Å². The molecule has 1 atom stereocenters. The van der Waals surface area contributed by atoms with Crippen molar-refractivity contribution in [3.05, 3.63) is 18.2 Å². The molecule has 120 valence electrons. The smallest absolute Gasteiger partial charge is 0.282 e. The minimum absolute atomic E-state index is 0.0381. The van der Waals surface area contributed by atoms with Crippen LogP contribution in [0.3, 0.4) is 0 Å². The first-order valence-electron chi connectivity index (χ1n) is 8.06. The van der Waals surface area contributed by atoms with Gasteiger partial charge in [-0.05, 0) is 26.0 Å². The Morgan fingerprint density at radius 1 is 1.23 bits per heavy atom. The molecule has 1 fully saturated rings. The number of benzene rings is 1. The summed E-state index contributed by atoms with van der Waals surface area (Å²) in [6.07, 6.45) is 0. The number of hydrogen-bond acceptors (Lipinski definition) is 3. The maximum Gasteiger partial charge on any atom is 0.282 e. The second-order valence-corrected chi connectivity index (χ2v) is 6.04. The van der Waals surface area contributed by atoms with Crippen molar-refractivity contribution in [3.63, 3.8) is 0 Å². The lowest BCUT2D eigenvalue weighted by Crippen LogP contribution is -3.29. The molecule has 6 nitrogen and oxygen atoms in total. The third kappa shape index (κ3) is 3.18. The molecule has 2 aliphatic heterocycles. The zero-order valence-corrected chi connectivity index (χ0v) is 13.3. The second-order valence-electron chi connectivity index (χ2n) is 6.04. The monoisotopic (exact) mass is 307 g/mol. The Kier molecular flexibility index (Phi) is 4.49. The molecule has 1 saturated heterocycles. The third-order valence-corrected chi connectivity index (χ3v) is 4.75. The van der Waals surface area contributed by atoms with Gasteiger partial charge >= 0.3 is 0 Å². The largest absolute Gasteiger partial charge is 0.454 e. The maximum atomic E-state index is 12.5. The quantitative estimate of drug-likeness (QED) is 0.638. The van der Waals surface area contributed by atoms with E-state index in [1.165, 1.54) is 11.4 Å². The van der Waals surface area contributed by atoms with Crippen LogP contribution in [0.25, 0.3) is 0 Å². The highest BCUT2D eigenvalue weighted by atomic mass is 16.7. The van der Waals surface area contributed by atoms with Crippen LogP contribution in [0, 0.1) is 0 Å². The summed E-state index contributed by atoms with van der Waals surface area (Å²) in [5, 5.41) is 2.99. The van der Waals surface area contributed by atoms with Crippen molar-refractivity contribution in [1.82, 2.24) is 0 Å². The Labute approximate surface area is 131 Å². The minimum atomic E-state index is -0.0381. The zero-order chi connectivity index (χ0) is 15.5. The molecule has 0 saturated carbocycles. The average molecular weight is 307 g/mol. The number of carbonyl (C=O) groups is 1. The van der Waals surface area contributed by atoms with Gasteiger partial charge in [0.1, 0.15) is 26.2 Å². The van der Waals surface area contributed by atoms with Crippen LogP contribution < -0.4 is 24.6 Å². The molecular weight excluding hydrogens is 282 g/mol. The number of piperazine rings is 1. The molecule has 0 aromatic heterocycles. The normalized spacial score (nSPS) is 24.8. The molecule has 22 heavy (non-hydrogen) atoms. The van der Waals surface area contributed by atoms with Crippen molar-refractivity contribution >= 4 is 11.6 Å². The highest BCUT2D eigenvalue weighted by Gasteiger charge is 2.30. The number of fused-ring (bicyclic) bond motifs is 1. The molecule has 0 spiro atoms. The van der Waals surface area contributed by atoms with E-state index in [-0.39, 0.29) is 18.7 Å². The Hall–Kier alpha value is -1.79. The number of quaternary nitrogens is 2. The SMILES string of the molecule is CC[NH+]1CC[NH+]([C@H](C)C(=O)Nc2ccc3c(c2)OCO3)CC1. The number of rotatable bonds is 4. The van der Waals surface area contributed by atoms with Crippen LogP contribution >= 0.6 is 0 Å². The fraction of sp³-hybridized carbons (Fsp3) is 0.562. The minimum Gasteiger partial charge on any atom is -0.454 e. The van der Waals surface area contributed by atoms with Crippen LogP contribution in [-0.4, -0.2) is 51.5 Å². The van der Waals surface area contributed by atoms with Gasteiger partial charge in [0.05, 0.1) is 6.54 Å². The van der Waals surface area contributed by atoms with E-state index in [1.54, 1.807) is 4.90 Å². The highest BCUT2D eigenvalue weighted by Crippen LogP contribution is 2.34. The summed E-state index contributed by atoms with van der Waals surface area (Å²) >= 11 is 0. The highest BCUT2D eigenvalue weighted by molar-refractivity contribution is 5.93. The van der Waals surface area contributed by atoms with E-state index in [4.69, 9.17) is 9.47 Å². The number of ether oxygens (including phenoxy) is 2. The molecular formula is C16H25N3O3+2. The third-order valence-electron chi connectivity index (χ3n) is 4.75. The summed E-state index contributed by atoms with van der Waals surface area (Å²) in [7, 11) is 0. The maximum absolute atomic E-state index is 12.5. The van der Waals surface area contributed by atoms with E-state index in [0.717, 1.165) is 37.6 Å². The first-order chi connectivity index (χ1) is 10.7. The van der Waals surface area contributed by atoms with Gasteiger partial charge in [0.25, 0.3) is 5.91 Å². The number of hydrogen-bond donors (Lipinski definition) is 3. The molecule has 0 aliphatic carbocycles. The average Bonchev–Trinajstić information content (AvgIpc) is 3.02. The van der Waals surface area contributed by atoms with Gasteiger partial charge in [-0.3, -0.25) is 4.79 Å². The van der Waals surface area contributed by atoms with Gasteiger partial charge in [-0.2, -0.15) is 0 Å². The van der Waals surface area contributed by atoms with Crippen molar-refractivity contribution in [2.45, 2.75) is 19.9 Å². The molecule has 2 heterocycles. The van der Waals surface area contributed by atoms with Gasteiger partial charge in [-0.25, -0.2) is 0 Å². The summed E-state index contributed by atoms with van der Waals surface area (Å²) < 4.78 is 10.6. The Bertz CT molecular complexity index is 541. The first-order valence-corrected chi connectivity index (χ1v) is 8.06. The van der Waals surface area contributed by atoms with E-state index >= 15 is 0 Å². The van der Waals surface area contributed by atoms with Crippen molar-refractivity contribution < 1.29 is 24.1 Å². The van der Waals surface area contributed by atoms with Crippen LogP contribution in [-0.2, 0) is 4.79 Å². The number of anilines is 1. The predicted octanol–water partition coefficient (Wildman–Crippen LogP) is -1.45. The first kappa shape index (κ1) is 15.1.